The molecule has 0 atom stereocenters. The Bertz CT molecular complexity index is 2910. The van der Waals surface area contributed by atoms with Crippen LogP contribution in [0.4, 0.5) is 34.1 Å². The molecule has 9 aromatic rings. The van der Waals surface area contributed by atoms with Gasteiger partial charge in [-0.15, -0.1) is 0 Å². The van der Waals surface area contributed by atoms with Crippen LogP contribution in [0.15, 0.2) is 172 Å². The highest BCUT2D eigenvalue weighted by Crippen LogP contribution is 2.48. The van der Waals surface area contributed by atoms with Crippen molar-refractivity contribution >= 4 is 97.7 Å². The van der Waals surface area contributed by atoms with Crippen LogP contribution < -0.4 is 9.80 Å². The number of fused-ring (bicyclic) bond motifs is 5. The Hall–Kier alpha value is -6.64. The van der Waals surface area contributed by atoms with Crippen molar-refractivity contribution in [1.29, 1.82) is 10.5 Å². The lowest BCUT2D eigenvalue weighted by Crippen LogP contribution is -2.10. The molecule has 5 nitrogen and oxygen atoms in total. The summed E-state index contributed by atoms with van der Waals surface area (Å²) < 4.78 is 6.67. The van der Waals surface area contributed by atoms with Crippen LogP contribution in [-0.2, 0) is 0 Å². The molecule has 0 radical (unpaired) electrons. The molecule has 59 heavy (non-hydrogen) atoms. The standard InChI is InChI=1S/C52H44N4OS2/c1-58(2,3)47-23-19-43(20-24-47)55(41-13-7-35(33-53)8-14-41)45-17-11-37-29-49-50-30-38-12-18-46(28-40(38)32-52(50)57-51(49)31-39(37)27-45)56(42-15-9-36(34-54)10-16-42)44-21-25-48(26-22-44)59(4,5)6/h7-32H,1-6H3. The topological polar surface area (TPSA) is 67.2 Å². The van der Waals surface area contributed by atoms with Crippen molar-refractivity contribution in [2.24, 2.45) is 0 Å². The molecule has 0 bridgehead atoms. The summed E-state index contributed by atoms with van der Waals surface area (Å²) in [6.45, 7) is 0. The van der Waals surface area contributed by atoms with Gasteiger partial charge in [0, 0.05) is 44.9 Å². The lowest BCUT2D eigenvalue weighted by molar-refractivity contribution is 0.670. The molecule has 0 aliphatic rings. The predicted molar refractivity (Wildman–Crippen MR) is 255 cm³/mol. The Morgan fingerprint density at radius 3 is 1.02 bits per heavy atom. The van der Waals surface area contributed by atoms with Crippen molar-refractivity contribution in [2.75, 3.05) is 47.3 Å². The fraction of sp³-hybridized carbons (Fsp3) is 0.115. The summed E-state index contributed by atoms with van der Waals surface area (Å²) in [5, 5.41) is 25.6. The molecular formula is C52H44N4OS2. The van der Waals surface area contributed by atoms with Crippen molar-refractivity contribution in [1.82, 2.24) is 0 Å². The van der Waals surface area contributed by atoms with Crippen molar-refractivity contribution in [3.05, 3.63) is 169 Å². The Morgan fingerprint density at radius 2 is 0.695 bits per heavy atom. The number of nitrogens with zero attached hydrogens (tertiary/aromatic N) is 4. The van der Waals surface area contributed by atoms with E-state index in [0.717, 1.165) is 77.6 Å². The van der Waals surface area contributed by atoms with Crippen LogP contribution in [0.1, 0.15) is 11.1 Å². The number of nitriles is 2. The molecular weight excluding hydrogens is 761 g/mol. The van der Waals surface area contributed by atoms with Crippen molar-refractivity contribution in [2.45, 2.75) is 9.79 Å². The summed E-state index contributed by atoms with van der Waals surface area (Å²) in [5.74, 6) is 0. The van der Waals surface area contributed by atoms with Crippen LogP contribution in [0.3, 0.4) is 0 Å². The van der Waals surface area contributed by atoms with Gasteiger partial charge in [-0.25, -0.2) is 20.1 Å². The first-order chi connectivity index (χ1) is 28.4. The summed E-state index contributed by atoms with van der Waals surface area (Å²) in [6.07, 6.45) is 13.9. The van der Waals surface area contributed by atoms with Gasteiger partial charge in [-0.05, 0) is 214 Å². The van der Waals surface area contributed by atoms with Crippen LogP contribution in [0, 0.1) is 22.7 Å². The average molecular weight is 805 g/mol. The highest BCUT2D eigenvalue weighted by Gasteiger charge is 2.19. The summed E-state index contributed by atoms with van der Waals surface area (Å²) in [6, 6.07) is 59.7. The maximum atomic E-state index is 9.50. The fourth-order valence-electron chi connectivity index (χ4n) is 7.79. The Morgan fingerprint density at radius 1 is 0.373 bits per heavy atom. The summed E-state index contributed by atoms with van der Waals surface area (Å²) in [7, 11) is -1.74. The second-order valence-corrected chi connectivity index (χ2v) is 24.8. The average Bonchev–Trinajstić information content (AvgIpc) is 3.58. The van der Waals surface area contributed by atoms with E-state index in [4.69, 9.17) is 4.42 Å². The zero-order valence-corrected chi connectivity index (χ0v) is 35.7. The van der Waals surface area contributed by atoms with Crippen LogP contribution in [0.2, 0.25) is 0 Å². The number of benzene rings is 8. The number of furan rings is 1. The quantitative estimate of drug-likeness (QED) is 0.153. The molecule has 0 amide bonds. The lowest BCUT2D eigenvalue weighted by Gasteiger charge is -2.29. The molecule has 1 aromatic heterocycles. The van der Waals surface area contributed by atoms with Crippen LogP contribution >= 0.6 is 20.1 Å². The number of rotatable bonds is 8. The Balaban J connectivity index is 1.13. The van der Waals surface area contributed by atoms with Gasteiger partial charge in [0.1, 0.15) is 11.2 Å². The summed E-state index contributed by atoms with van der Waals surface area (Å²) >= 11 is 0. The molecule has 1 heterocycles. The van der Waals surface area contributed by atoms with Gasteiger partial charge < -0.3 is 14.2 Å². The molecule has 0 saturated carbocycles. The largest absolute Gasteiger partial charge is 0.456 e. The van der Waals surface area contributed by atoms with Crippen molar-refractivity contribution in [3.8, 4) is 12.1 Å². The van der Waals surface area contributed by atoms with Gasteiger partial charge in [0.2, 0.25) is 0 Å². The first kappa shape index (κ1) is 37.9. The molecule has 0 aliphatic carbocycles. The Labute approximate surface area is 349 Å². The van der Waals surface area contributed by atoms with E-state index in [1.54, 1.807) is 0 Å². The number of hydrogen-bond acceptors (Lipinski definition) is 5. The van der Waals surface area contributed by atoms with Crippen LogP contribution in [0.5, 0.6) is 0 Å². The Kier molecular flexibility index (Phi) is 9.40. The minimum Gasteiger partial charge on any atom is -0.456 e. The molecule has 0 spiro atoms. The summed E-state index contributed by atoms with van der Waals surface area (Å²) in [4.78, 5) is 7.20. The highest BCUT2D eigenvalue weighted by molar-refractivity contribution is 8.32. The lowest BCUT2D eigenvalue weighted by atomic mass is 10.0. The van der Waals surface area contributed by atoms with Gasteiger partial charge in [0.25, 0.3) is 0 Å². The van der Waals surface area contributed by atoms with Gasteiger partial charge in [-0.3, -0.25) is 0 Å². The minimum absolute atomic E-state index is 0.630. The number of anilines is 6. The van der Waals surface area contributed by atoms with Crippen LogP contribution in [-0.4, -0.2) is 37.5 Å². The third-order valence-corrected chi connectivity index (χ3v) is 14.4. The number of hydrogen-bond donors (Lipinski definition) is 0. The zero-order chi connectivity index (χ0) is 41.1. The molecule has 8 aromatic carbocycles. The normalized spacial score (nSPS) is 12.4. The van der Waals surface area contributed by atoms with Crippen molar-refractivity contribution < 1.29 is 4.42 Å². The third-order valence-electron chi connectivity index (χ3n) is 11.0. The van der Waals surface area contributed by atoms with E-state index in [1.165, 1.54) is 9.79 Å². The molecule has 0 fully saturated rings. The third kappa shape index (κ3) is 7.25. The van der Waals surface area contributed by atoms with E-state index in [9.17, 15) is 10.5 Å². The van der Waals surface area contributed by atoms with E-state index >= 15 is 0 Å². The monoisotopic (exact) mass is 804 g/mol. The summed E-state index contributed by atoms with van der Waals surface area (Å²) in [5.41, 5.74) is 9.05. The molecule has 9 rings (SSSR count). The maximum Gasteiger partial charge on any atom is 0.136 e. The van der Waals surface area contributed by atoms with Gasteiger partial charge in [0.05, 0.1) is 23.3 Å². The SMILES string of the molecule is CS(C)(C)c1ccc(N(c2ccc(C#N)cc2)c2ccc3cc4c(cc3c2)oc2cc3cc(N(c5ccc(C#N)cc5)c5ccc(S(C)(C)C)cc5)ccc3cc24)cc1. The molecule has 0 saturated heterocycles. The first-order valence-electron chi connectivity index (χ1n) is 19.4. The molecule has 0 N–H and O–H groups in total. The molecule has 7 heteroatoms. The van der Waals surface area contributed by atoms with Gasteiger partial charge in [0.15, 0.2) is 0 Å². The van der Waals surface area contributed by atoms with E-state index < -0.39 is 20.1 Å². The predicted octanol–water partition coefficient (Wildman–Crippen LogP) is 14.7. The maximum absolute atomic E-state index is 9.50. The molecule has 0 aliphatic heterocycles. The van der Waals surface area contributed by atoms with E-state index in [2.05, 4.69) is 169 Å². The highest BCUT2D eigenvalue weighted by atomic mass is 32.3. The second-order valence-electron chi connectivity index (χ2n) is 16.5. The second kappa shape index (κ2) is 14.6. The smallest absolute Gasteiger partial charge is 0.136 e. The van der Waals surface area contributed by atoms with E-state index in [1.807, 2.05) is 48.5 Å². The van der Waals surface area contributed by atoms with Gasteiger partial charge >= 0.3 is 0 Å². The molecule has 0 unspecified atom stereocenters. The van der Waals surface area contributed by atoms with E-state index in [0.29, 0.717) is 11.1 Å². The molecule has 290 valence electrons. The van der Waals surface area contributed by atoms with Gasteiger partial charge in [-0.2, -0.15) is 10.5 Å². The minimum atomic E-state index is -0.870. The van der Waals surface area contributed by atoms with Gasteiger partial charge in [-0.1, -0.05) is 12.1 Å². The van der Waals surface area contributed by atoms with E-state index in [-0.39, 0.29) is 0 Å². The van der Waals surface area contributed by atoms with Crippen LogP contribution in [0.25, 0.3) is 43.5 Å². The zero-order valence-electron chi connectivity index (χ0n) is 34.0. The van der Waals surface area contributed by atoms with Crippen molar-refractivity contribution in [3.63, 3.8) is 0 Å². The fourth-order valence-corrected chi connectivity index (χ4v) is 9.69. The first-order valence-corrected chi connectivity index (χ1v) is 25.1.